The number of rotatable bonds is 4. The van der Waals surface area contributed by atoms with Crippen LogP contribution in [0.4, 0.5) is 0 Å². The van der Waals surface area contributed by atoms with Gasteiger partial charge in [0.25, 0.3) is 5.91 Å². The molecule has 1 amide bonds. The number of carbonyl (C=O) groups excluding carboxylic acids is 1. The van der Waals surface area contributed by atoms with Gasteiger partial charge in [0.15, 0.2) is 0 Å². The summed E-state index contributed by atoms with van der Waals surface area (Å²) in [6.07, 6.45) is 0.854. The van der Waals surface area contributed by atoms with E-state index in [1.165, 1.54) is 0 Å². The van der Waals surface area contributed by atoms with E-state index in [1.807, 2.05) is 45.0 Å². The SMILES string of the molecule is CCc1ccccc1C(=O)NC(C)(C)CN.Cl. The Morgan fingerprint density at radius 3 is 2.47 bits per heavy atom. The first-order chi connectivity index (χ1) is 7.50. The van der Waals surface area contributed by atoms with Crippen molar-refractivity contribution in [2.45, 2.75) is 32.7 Å². The second kappa shape index (κ2) is 6.62. The van der Waals surface area contributed by atoms with E-state index in [4.69, 9.17) is 5.73 Å². The number of aryl methyl sites for hydroxylation is 1. The normalized spacial score (nSPS) is 10.6. The minimum Gasteiger partial charge on any atom is -0.346 e. The monoisotopic (exact) mass is 256 g/mol. The van der Waals surface area contributed by atoms with E-state index in [0.717, 1.165) is 17.5 Å². The van der Waals surface area contributed by atoms with Gasteiger partial charge in [0.2, 0.25) is 0 Å². The van der Waals surface area contributed by atoms with Crippen LogP contribution in [-0.4, -0.2) is 18.0 Å². The van der Waals surface area contributed by atoms with Gasteiger partial charge in [-0.3, -0.25) is 4.79 Å². The molecule has 3 N–H and O–H groups in total. The molecule has 0 saturated heterocycles. The van der Waals surface area contributed by atoms with Crippen LogP contribution in [0.5, 0.6) is 0 Å². The van der Waals surface area contributed by atoms with Crippen LogP contribution in [0, 0.1) is 0 Å². The van der Waals surface area contributed by atoms with Crippen molar-refractivity contribution in [1.29, 1.82) is 0 Å². The molecule has 0 unspecified atom stereocenters. The molecule has 0 radical (unpaired) electrons. The third-order valence-corrected chi connectivity index (χ3v) is 2.61. The molecular formula is C13H21ClN2O. The first-order valence-corrected chi connectivity index (χ1v) is 5.60. The highest BCUT2D eigenvalue weighted by Gasteiger charge is 2.20. The van der Waals surface area contributed by atoms with E-state index in [0.29, 0.717) is 6.54 Å². The molecule has 0 aliphatic carbocycles. The molecule has 1 aromatic rings. The summed E-state index contributed by atoms with van der Waals surface area (Å²) in [5, 5.41) is 2.93. The Bertz CT molecular complexity index is 377. The molecule has 1 aromatic carbocycles. The van der Waals surface area contributed by atoms with E-state index in [9.17, 15) is 4.79 Å². The van der Waals surface area contributed by atoms with Crippen LogP contribution in [0.1, 0.15) is 36.7 Å². The summed E-state index contributed by atoms with van der Waals surface area (Å²) < 4.78 is 0. The van der Waals surface area contributed by atoms with Crippen molar-refractivity contribution in [2.75, 3.05) is 6.54 Å². The molecule has 4 heteroatoms. The predicted molar refractivity (Wildman–Crippen MR) is 73.7 cm³/mol. The number of benzene rings is 1. The standard InChI is InChI=1S/C13H20N2O.ClH/c1-4-10-7-5-6-8-11(10)12(16)15-13(2,3)9-14;/h5-8H,4,9,14H2,1-3H3,(H,15,16);1H. The Balaban J connectivity index is 0.00000256. The lowest BCUT2D eigenvalue weighted by atomic mass is 10.0. The van der Waals surface area contributed by atoms with Gasteiger partial charge in [-0.15, -0.1) is 12.4 Å². The topological polar surface area (TPSA) is 55.1 Å². The molecule has 0 aromatic heterocycles. The molecule has 0 saturated carbocycles. The molecule has 0 atom stereocenters. The van der Waals surface area contributed by atoms with Crippen molar-refractivity contribution in [1.82, 2.24) is 5.32 Å². The molecule has 17 heavy (non-hydrogen) atoms. The largest absolute Gasteiger partial charge is 0.346 e. The summed E-state index contributed by atoms with van der Waals surface area (Å²) in [5.41, 5.74) is 7.03. The smallest absolute Gasteiger partial charge is 0.252 e. The maximum Gasteiger partial charge on any atom is 0.252 e. The van der Waals surface area contributed by atoms with Gasteiger partial charge in [0.1, 0.15) is 0 Å². The van der Waals surface area contributed by atoms with Crippen LogP contribution in [0.2, 0.25) is 0 Å². The van der Waals surface area contributed by atoms with Crippen LogP contribution in [0.3, 0.4) is 0 Å². The Labute approximate surface area is 109 Å². The van der Waals surface area contributed by atoms with Crippen LogP contribution in [0.15, 0.2) is 24.3 Å². The zero-order valence-electron chi connectivity index (χ0n) is 10.6. The molecule has 0 fully saturated rings. The number of amides is 1. The average molecular weight is 257 g/mol. The fourth-order valence-electron chi connectivity index (χ4n) is 1.48. The van der Waals surface area contributed by atoms with Gasteiger partial charge < -0.3 is 11.1 Å². The summed E-state index contributed by atoms with van der Waals surface area (Å²) >= 11 is 0. The van der Waals surface area contributed by atoms with Gasteiger partial charge in [-0.05, 0) is 31.9 Å². The summed E-state index contributed by atoms with van der Waals surface area (Å²) in [6.45, 7) is 6.30. The van der Waals surface area contributed by atoms with Crippen molar-refractivity contribution >= 4 is 18.3 Å². The molecule has 0 aliphatic rings. The number of halogens is 1. The number of hydrogen-bond donors (Lipinski definition) is 2. The van der Waals surface area contributed by atoms with Crippen LogP contribution < -0.4 is 11.1 Å². The molecule has 0 heterocycles. The molecule has 0 spiro atoms. The highest BCUT2D eigenvalue weighted by molar-refractivity contribution is 5.96. The number of hydrogen-bond acceptors (Lipinski definition) is 2. The average Bonchev–Trinajstić information content (AvgIpc) is 2.28. The lowest BCUT2D eigenvalue weighted by molar-refractivity contribution is 0.0915. The minimum absolute atomic E-state index is 0. The Morgan fingerprint density at radius 2 is 1.94 bits per heavy atom. The molecular weight excluding hydrogens is 236 g/mol. The van der Waals surface area contributed by atoms with E-state index in [2.05, 4.69) is 5.32 Å². The van der Waals surface area contributed by atoms with Crippen LogP contribution in [0.25, 0.3) is 0 Å². The van der Waals surface area contributed by atoms with Crippen molar-refractivity contribution in [2.24, 2.45) is 5.73 Å². The zero-order valence-corrected chi connectivity index (χ0v) is 11.4. The fourth-order valence-corrected chi connectivity index (χ4v) is 1.48. The third kappa shape index (κ3) is 4.36. The highest BCUT2D eigenvalue weighted by atomic mass is 35.5. The quantitative estimate of drug-likeness (QED) is 0.867. The summed E-state index contributed by atoms with van der Waals surface area (Å²) in [6, 6.07) is 7.65. The Kier molecular flexibility index (Phi) is 6.21. The van der Waals surface area contributed by atoms with Gasteiger partial charge in [-0.1, -0.05) is 25.1 Å². The van der Waals surface area contributed by atoms with Crippen molar-refractivity contribution < 1.29 is 4.79 Å². The van der Waals surface area contributed by atoms with Crippen molar-refractivity contribution in [3.05, 3.63) is 35.4 Å². The number of nitrogens with two attached hydrogens (primary N) is 1. The van der Waals surface area contributed by atoms with Crippen molar-refractivity contribution in [3.63, 3.8) is 0 Å². The zero-order chi connectivity index (χ0) is 12.2. The first-order valence-electron chi connectivity index (χ1n) is 5.60. The molecule has 0 aliphatic heterocycles. The van der Waals surface area contributed by atoms with Crippen LogP contribution in [-0.2, 0) is 6.42 Å². The molecule has 96 valence electrons. The second-order valence-corrected chi connectivity index (χ2v) is 4.55. The third-order valence-electron chi connectivity index (χ3n) is 2.61. The lowest BCUT2D eigenvalue weighted by Gasteiger charge is -2.24. The van der Waals surface area contributed by atoms with Gasteiger partial charge in [0.05, 0.1) is 0 Å². The Morgan fingerprint density at radius 1 is 1.35 bits per heavy atom. The highest BCUT2D eigenvalue weighted by Crippen LogP contribution is 2.11. The van der Waals surface area contributed by atoms with Gasteiger partial charge >= 0.3 is 0 Å². The van der Waals surface area contributed by atoms with E-state index >= 15 is 0 Å². The van der Waals surface area contributed by atoms with Gasteiger partial charge in [0, 0.05) is 17.6 Å². The van der Waals surface area contributed by atoms with Crippen molar-refractivity contribution in [3.8, 4) is 0 Å². The molecule has 3 nitrogen and oxygen atoms in total. The number of nitrogens with one attached hydrogen (secondary N) is 1. The first kappa shape index (κ1) is 15.9. The van der Waals surface area contributed by atoms with Crippen LogP contribution >= 0.6 is 12.4 Å². The molecule has 1 rings (SSSR count). The van der Waals surface area contributed by atoms with E-state index in [-0.39, 0.29) is 23.9 Å². The lowest BCUT2D eigenvalue weighted by Crippen LogP contribution is -2.49. The maximum atomic E-state index is 12.0. The van der Waals surface area contributed by atoms with Gasteiger partial charge in [-0.2, -0.15) is 0 Å². The van der Waals surface area contributed by atoms with E-state index in [1.54, 1.807) is 0 Å². The fraction of sp³-hybridized carbons (Fsp3) is 0.462. The minimum atomic E-state index is -0.363. The summed E-state index contributed by atoms with van der Waals surface area (Å²) in [4.78, 5) is 12.0. The summed E-state index contributed by atoms with van der Waals surface area (Å²) in [5.74, 6) is -0.0482. The van der Waals surface area contributed by atoms with Gasteiger partial charge in [-0.25, -0.2) is 0 Å². The molecule has 0 bridgehead atoms. The predicted octanol–water partition coefficient (Wildman–Crippen LogP) is 2.14. The second-order valence-electron chi connectivity index (χ2n) is 4.55. The Hall–Kier alpha value is -1.06. The van der Waals surface area contributed by atoms with E-state index < -0.39 is 0 Å². The number of carbonyl (C=O) groups is 1. The summed E-state index contributed by atoms with van der Waals surface area (Å²) in [7, 11) is 0. The maximum absolute atomic E-state index is 12.0.